The first kappa shape index (κ1) is 27.9. The number of aliphatic hydroxyl groups is 11. The summed E-state index contributed by atoms with van der Waals surface area (Å²) in [5.41, 5.74) is 0. The Morgan fingerprint density at radius 1 is 0.441 bits per heavy atom. The van der Waals surface area contributed by atoms with Crippen LogP contribution in [0, 0.1) is 0 Å². The first-order chi connectivity index (χ1) is 16.0. The lowest BCUT2D eigenvalue weighted by atomic mass is 9.96. The van der Waals surface area contributed by atoms with Crippen molar-refractivity contribution in [2.75, 3.05) is 19.8 Å². The predicted octanol–water partition coefficient (Wildman–Crippen LogP) is -7.57. The molecule has 3 fully saturated rings. The molecule has 0 aliphatic carbocycles. The van der Waals surface area contributed by atoms with Crippen molar-refractivity contribution in [3.8, 4) is 0 Å². The summed E-state index contributed by atoms with van der Waals surface area (Å²) in [6.07, 6.45) is -25.1. The first-order valence-corrected chi connectivity index (χ1v) is 10.6. The number of hydrogen-bond donors (Lipinski definition) is 11. The molecule has 16 heteroatoms. The summed E-state index contributed by atoms with van der Waals surface area (Å²) in [6, 6.07) is 0. The summed E-state index contributed by atoms with van der Waals surface area (Å²) < 4.78 is 26.4. The molecule has 0 aromatic heterocycles. The Kier molecular flexibility index (Phi) is 9.54. The van der Waals surface area contributed by atoms with Crippen molar-refractivity contribution < 1.29 is 79.9 Å². The van der Waals surface area contributed by atoms with Crippen LogP contribution >= 0.6 is 0 Å². The zero-order valence-corrected chi connectivity index (χ0v) is 17.7. The van der Waals surface area contributed by atoms with Gasteiger partial charge in [-0.2, -0.15) is 0 Å². The van der Waals surface area contributed by atoms with Crippen LogP contribution in [-0.2, 0) is 23.7 Å². The van der Waals surface area contributed by atoms with Crippen LogP contribution in [0.4, 0.5) is 0 Å². The minimum atomic E-state index is -1.91. The second kappa shape index (κ2) is 11.6. The van der Waals surface area contributed by atoms with Crippen LogP contribution in [-0.4, -0.2) is 168 Å². The van der Waals surface area contributed by atoms with Gasteiger partial charge in [0.15, 0.2) is 18.9 Å². The molecule has 0 bridgehead atoms. The fourth-order valence-electron chi connectivity index (χ4n) is 4.06. The van der Waals surface area contributed by atoms with Crippen LogP contribution in [0.25, 0.3) is 0 Å². The van der Waals surface area contributed by atoms with Gasteiger partial charge >= 0.3 is 0 Å². The topological polar surface area (TPSA) is 269 Å². The van der Waals surface area contributed by atoms with Gasteiger partial charge in [0.05, 0.1) is 19.8 Å². The Bertz CT molecular complexity index is 635. The van der Waals surface area contributed by atoms with E-state index in [9.17, 15) is 56.2 Å². The standard InChI is InChI=1S/C18H32O16/c19-1-4-7(22)8(23)12(27)17(31-4)34-15-6(3-21)32-18(13(28)10(15)25)33-14-5(2-20)30-16(29)11(26)9(14)24/h4-29H,1-3H2/t4-,5-,6+,7-,8+,9-,10+,11-,12-,13-,14-,15-,16-,17-,18-/m1/s1. The Hall–Kier alpha value is -0.640. The molecule has 0 aromatic carbocycles. The molecule has 16 nitrogen and oxygen atoms in total. The Morgan fingerprint density at radius 2 is 0.853 bits per heavy atom. The average molecular weight is 504 g/mol. The lowest BCUT2D eigenvalue weighted by Crippen LogP contribution is -2.66. The van der Waals surface area contributed by atoms with Gasteiger partial charge in [-0.25, -0.2) is 0 Å². The Labute approximate surface area is 192 Å². The Morgan fingerprint density at radius 3 is 1.35 bits per heavy atom. The van der Waals surface area contributed by atoms with E-state index in [1.807, 2.05) is 0 Å². The fourth-order valence-corrected chi connectivity index (χ4v) is 4.06. The molecule has 3 rings (SSSR count). The van der Waals surface area contributed by atoms with E-state index >= 15 is 0 Å². The third kappa shape index (κ3) is 5.37. The van der Waals surface area contributed by atoms with Gasteiger partial charge in [0.1, 0.15) is 73.2 Å². The summed E-state index contributed by atoms with van der Waals surface area (Å²) >= 11 is 0. The van der Waals surface area contributed by atoms with E-state index in [0.717, 1.165) is 0 Å². The van der Waals surface area contributed by atoms with E-state index in [4.69, 9.17) is 23.7 Å². The molecule has 11 N–H and O–H groups in total. The molecule has 3 heterocycles. The molecule has 3 aliphatic heterocycles. The first-order valence-electron chi connectivity index (χ1n) is 10.6. The maximum Gasteiger partial charge on any atom is 0.187 e. The number of aliphatic hydroxyl groups excluding tert-OH is 11. The molecule has 0 aromatic rings. The van der Waals surface area contributed by atoms with Crippen LogP contribution in [0.15, 0.2) is 0 Å². The normalized spacial score (nSPS) is 52.5. The van der Waals surface area contributed by atoms with Gasteiger partial charge < -0.3 is 79.9 Å². The zero-order chi connectivity index (χ0) is 25.3. The molecule has 3 aliphatic rings. The van der Waals surface area contributed by atoms with E-state index in [1.165, 1.54) is 0 Å². The summed E-state index contributed by atoms with van der Waals surface area (Å²) in [4.78, 5) is 0. The van der Waals surface area contributed by atoms with Crippen molar-refractivity contribution >= 4 is 0 Å². The van der Waals surface area contributed by atoms with Crippen LogP contribution in [0.2, 0.25) is 0 Å². The third-order valence-corrected chi connectivity index (χ3v) is 6.09. The molecule has 0 radical (unpaired) electrons. The van der Waals surface area contributed by atoms with Crippen LogP contribution in [0.3, 0.4) is 0 Å². The lowest BCUT2D eigenvalue weighted by Gasteiger charge is -2.47. The summed E-state index contributed by atoms with van der Waals surface area (Å²) in [7, 11) is 0. The maximum atomic E-state index is 10.6. The highest BCUT2D eigenvalue weighted by Gasteiger charge is 2.53. The molecule has 200 valence electrons. The molecule has 3 saturated heterocycles. The van der Waals surface area contributed by atoms with Gasteiger partial charge in [-0.05, 0) is 0 Å². The molecule has 0 spiro atoms. The van der Waals surface area contributed by atoms with Crippen molar-refractivity contribution in [3.05, 3.63) is 0 Å². The smallest absolute Gasteiger partial charge is 0.187 e. The molecule has 0 amide bonds. The van der Waals surface area contributed by atoms with Crippen LogP contribution < -0.4 is 0 Å². The van der Waals surface area contributed by atoms with Crippen molar-refractivity contribution in [1.29, 1.82) is 0 Å². The van der Waals surface area contributed by atoms with E-state index in [2.05, 4.69) is 0 Å². The third-order valence-electron chi connectivity index (χ3n) is 6.09. The largest absolute Gasteiger partial charge is 0.394 e. The van der Waals surface area contributed by atoms with Gasteiger partial charge in [-0.1, -0.05) is 0 Å². The average Bonchev–Trinajstić information content (AvgIpc) is 2.83. The van der Waals surface area contributed by atoms with E-state index in [-0.39, 0.29) is 0 Å². The van der Waals surface area contributed by atoms with E-state index in [1.54, 1.807) is 0 Å². The second-order valence-corrected chi connectivity index (χ2v) is 8.33. The van der Waals surface area contributed by atoms with Crippen LogP contribution in [0.1, 0.15) is 0 Å². The molecule has 0 saturated carbocycles. The minimum absolute atomic E-state index is 0.741. The number of ether oxygens (including phenoxy) is 5. The SMILES string of the molecule is OC[C@@H]1O[C@H](O[C@H]2[C@H](O)[C@@H](O)[C@H](O)O[C@@H]2CO)[C@H](O)[C@H](O)[C@@H]1O[C@H]1O[C@H](CO)[C@@H](O)[C@H](O)[C@H]1O. The maximum absolute atomic E-state index is 10.6. The Balaban J connectivity index is 1.72. The summed E-state index contributed by atoms with van der Waals surface area (Å²) in [5.74, 6) is 0. The number of hydrogen-bond acceptors (Lipinski definition) is 16. The summed E-state index contributed by atoms with van der Waals surface area (Å²) in [5, 5.41) is 109. The highest BCUT2D eigenvalue weighted by molar-refractivity contribution is 4.96. The van der Waals surface area contributed by atoms with Gasteiger partial charge in [-0.3, -0.25) is 0 Å². The fraction of sp³-hybridized carbons (Fsp3) is 1.00. The molecular formula is C18H32O16. The van der Waals surface area contributed by atoms with E-state index < -0.39 is 112 Å². The van der Waals surface area contributed by atoms with Crippen molar-refractivity contribution in [1.82, 2.24) is 0 Å². The van der Waals surface area contributed by atoms with Crippen molar-refractivity contribution in [2.45, 2.75) is 92.1 Å². The van der Waals surface area contributed by atoms with Gasteiger partial charge in [0.2, 0.25) is 0 Å². The monoisotopic (exact) mass is 504 g/mol. The number of rotatable bonds is 7. The second-order valence-electron chi connectivity index (χ2n) is 8.33. The van der Waals surface area contributed by atoms with Crippen LogP contribution in [0.5, 0.6) is 0 Å². The van der Waals surface area contributed by atoms with E-state index in [0.29, 0.717) is 0 Å². The highest BCUT2D eigenvalue weighted by atomic mass is 16.8. The minimum Gasteiger partial charge on any atom is -0.394 e. The van der Waals surface area contributed by atoms with Crippen molar-refractivity contribution in [3.63, 3.8) is 0 Å². The quantitative estimate of drug-likeness (QED) is 0.154. The van der Waals surface area contributed by atoms with Gasteiger partial charge in [0.25, 0.3) is 0 Å². The molecular weight excluding hydrogens is 472 g/mol. The lowest BCUT2D eigenvalue weighted by molar-refractivity contribution is -0.377. The summed E-state index contributed by atoms with van der Waals surface area (Å²) in [6.45, 7) is -2.32. The van der Waals surface area contributed by atoms with Gasteiger partial charge in [-0.15, -0.1) is 0 Å². The van der Waals surface area contributed by atoms with Gasteiger partial charge in [0, 0.05) is 0 Å². The predicted molar refractivity (Wildman–Crippen MR) is 101 cm³/mol. The molecule has 34 heavy (non-hydrogen) atoms. The van der Waals surface area contributed by atoms with Crippen molar-refractivity contribution in [2.24, 2.45) is 0 Å². The highest BCUT2D eigenvalue weighted by Crippen LogP contribution is 2.32. The molecule has 0 unspecified atom stereocenters. The molecule has 15 atom stereocenters. The zero-order valence-electron chi connectivity index (χ0n) is 17.7.